The SMILES string of the molecule is CSc1ccc(/C=C2\SC(=S)N(Cc3cccnc3)C2=O)cc1. The van der Waals surface area contributed by atoms with Crippen molar-refractivity contribution in [1.82, 2.24) is 9.88 Å². The molecule has 0 atom stereocenters. The first-order chi connectivity index (χ1) is 11.2. The van der Waals surface area contributed by atoms with Gasteiger partial charge in [0.25, 0.3) is 5.91 Å². The molecule has 0 aliphatic carbocycles. The second kappa shape index (κ2) is 7.29. The van der Waals surface area contributed by atoms with Crippen molar-refractivity contribution in [3.63, 3.8) is 0 Å². The van der Waals surface area contributed by atoms with Gasteiger partial charge in [-0.3, -0.25) is 14.7 Å². The number of aromatic nitrogens is 1. The van der Waals surface area contributed by atoms with E-state index >= 15 is 0 Å². The zero-order valence-corrected chi connectivity index (χ0v) is 14.9. The predicted octanol–water partition coefficient (Wildman–Crippen LogP) is 4.20. The van der Waals surface area contributed by atoms with Crippen LogP contribution in [0, 0.1) is 0 Å². The Balaban J connectivity index is 1.78. The molecule has 0 spiro atoms. The summed E-state index contributed by atoms with van der Waals surface area (Å²) in [4.78, 5) is 20.1. The van der Waals surface area contributed by atoms with E-state index in [1.807, 2.05) is 48.7 Å². The van der Waals surface area contributed by atoms with E-state index in [0.717, 1.165) is 11.1 Å². The van der Waals surface area contributed by atoms with Gasteiger partial charge in [0, 0.05) is 17.3 Å². The van der Waals surface area contributed by atoms with E-state index in [-0.39, 0.29) is 5.91 Å². The van der Waals surface area contributed by atoms with E-state index in [9.17, 15) is 4.79 Å². The van der Waals surface area contributed by atoms with Crippen LogP contribution in [0.15, 0.2) is 58.6 Å². The normalized spacial score (nSPS) is 16.4. The zero-order valence-electron chi connectivity index (χ0n) is 12.4. The molecule has 2 aromatic rings. The van der Waals surface area contributed by atoms with Crippen LogP contribution < -0.4 is 0 Å². The molecule has 116 valence electrons. The summed E-state index contributed by atoms with van der Waals surface area (Å²) in [6.45, 7) is 0.460. The minimum Gasteiger partial charge on any atom is -0.288 e. The molecule has 23 heavy (non-hydrogen) atoms. The smallest absolute Gasteiger partial charge is 0.266 e. The maximum atomic E-state index is 12.6. The van der Waals surface area contributed by atoms with Gasteiger partial charge in [-0.2, -0.15) is 0 Å². The van der Waals surface area contributed by atoms with Gasteiger partial charge in [0.05, 0.1) is 11.4 Å². The summed E-state index contributed by atoms with van der Waals surface area (Å²) in [6, 6.07) is 11.9. The van der Waals surface area contributed by atoms with Crippen LogP contribution in [-0.4, -0.2) is 26.4 Å². The van der Waals surface area contributed by atoms with Gasteiger partial charge in [0.15, 0.2) is 0 Å². The Morgan fingerprint density at radius 2 is 2.09 bits per heavy atom. The van der Waals surface area contributed by atoms with E-state index < -0.39 is 0 Å². The van der Waals surface area contributed by atoms with Gasteiger partial charge in [-0.1, -0.05) is 42.2 Å². The zero-order chi connectivity index (χ0) is 16.2. The summed E-state index contributed by atoms with van der Waals surface area (Å²) in [6.07, 6.45) is 7.40. The van der Waals surface area contributed by atoms with E-state index in [2.05, 4.69) is 4.98 Å². The number of pyridine rings is 1. The van der Waals surface area contributed by atoms with E-state index in [1.165, 1.54) is 16.7 Å². The van der Waals surface area contributed by atoms with Crippen LogP contribution in [0.1, 0.15) is 11.1 Å². The number of carbonyl (C=O) groups excluding carboxylic acids is 1. The van der Waals surface area contributed by atoms with Crippen molar-refractivity contribution in [2.24, 2.45) is 0 Å². The van der Waals surface area contributed by atoms with Gasteiger partial charge in [0.2, 0.25) is 0 Å². The van der Waals surface area contributed by atoms with E-state index in [0.29, 0.717) is 15.8 Å². The molecule has 2 heterocycles. The summed E-state index contributed by atoms with van der Waals surface area (Å²) in [5, 5.41) is 0. The lowest BCUT2D eigenvalue weighted by Crippen LogP contribution is -2.27. The Kier molecular flexibility index (Phi) is 5.15. The molecule has 1 aromatic heterocycles. The highest BCUT2D eigenvalue weighted by Crippen LogP contribution is 2.33. The topological polar surface area (TPSA) is 33.2 Å². The Morgan fingerprint density at radius 1 is 1.30 bits per heavy atom. The van der Waals surface area contributed by atoms with Crippen LogP contribution in [-0.2, 0) is 11.3 Å². The number of nitrogens with zero attached hydrogens (tertiary/aromatic N) is 2. The molecule has 1 fully saturated rings. The Hall–Kier alpha value is -1.63. The number of hydrogen-bond donors (Lipinski definition) is 0. The summed E-state index contributed by atoms with van der Waals surface area (Å²) < 4.78 is 0.589. The van der Waals surface area contributed by atoms with Crippen molar-refractivity contribution in [2.75, 3.05) is 6.26 Å². The van der Waals surface area contributed by atoms with Crippen LogP contribution in [0.3, 0.4) is 0 Å². The highest BCUT2D eigenvalue weighted by molar-refractivity contribution is 8.26. The first kappa shape index (κ1) is 16.2. The molecular weight excluding hydrogens is 344 g/mol. The largest absolute Gasteiger partial charge is 0.288 e. The highest BCUT2D eigenvalue weighted by atomic mass is 32.2. The van der Waals surface area contributed by atoms with Crippen molar-refractivity contribution >= 4 is 52.0 Å². The minimum atomic E-state index is -0.0437. The van der Waals surface area contributed by atoms with Gasteiger partial charge in [-0.05, 0) is 41.7 Å². The maximum Gasteiger partial charge on any atom is 0.266 e. The second-order valence-corrected chi connectivity index (χ2v) is 7.46. The molecule has 3 rings (SSSR count). The molecule has 0 unspecified atom stereocenters. The van der Waals surface area contributed by atoms with Crippen molar-refractivity contribution in [3.8, 4) is 0 Å². The number of hydrogen-bond acceptors (Lipinski definition) is 5. The lowest BCUT2D eigenvalue weighted by Gasteiger charge is -2.13. The molecule has 1 saturated heterocycles. The number of thiocarbonyl (C=S) groups is 1. The summed E-state index contributed by atoms with van der Waals surface area (Å²) in [7, 11) is 0. The molecule has 1 amide bonds. The van der Waals surface area contributed by atoms with Gasteiger partial charge < -0.3 is 0 Å². The number of amides is 1. The van der Waals surface area contributed by atoms with Crippen LogP contribution in [0.4, 0.5) is 0 Å². The molecule has 1 aromatic carbocycles. The van der Waals surface area contributed by atoms with Gasteiger partial charge in [-0.25, -0.2) is 0 Å². The molecule has 0 saturated carbocycles. The van der Waals surface area contributed by atoms with Crippen LogP contribution >= 0.6 is 35.7 Å². The fraction of sp³-hybridized carbons (Fsp3) is 0.118. The first-order valence-electron chi connectivity index (χ1n) is 6.95. The third-order valence-electron chi connectivity index (χ3n) is 3.35. The number of benzene rings is 1. The predicted molar refractivity (Wildman–Crippen MR) is 101 cm³/mol. The minimum absolute atomic E-state index is 0.0437. The number of thioether (sulfide) groups is 2. The first-order valence-corrected chi connectivity index (χ1v) is 9.40. The van der Waals surface area contributed by atoms with Gasteiger partial charge >= 0.3 is 0 Å². The highest BCUT2D eigenvalue weighted by Gasteiger charge is 2.31. The average molecular weight is 359 g/mol. The third-order valence-corrected chi connectivity index (χ3v) is 5.47. The monoisotopic (exact) mass is 358 g/mol. The second-order valence-electron chi connectivity index (χ2n) is 4.90. The van der Waals surface area contributed by atoms with Crippen LogP contribution in [0.25, 0.3) is 6.08 Å². The van der Waals surface area contributed by atoms with Crippen molar-refractivity contribution < 1.29 is 4.79 Å². The quantitative estimate of drug-likeness (QED) is 0.465. The Bertz CT molecular complexity index is 757. The van der Waals surface area contributed by atoms with Gasteiger partial charge in [0.1, 0.15) is 4.32 Å². The van der Waals surface area contributed by atoms with Gasteiger partial charge in [-0.15, -0.1) is 11.8 Å². The Morgan fingerprint density at radius 3 is 2.74 bits per heavy atom. The van der Waals surface area contributed by atoms with E-state index in [4.69, 9.17) is 12.2 Å². The third kappa shape index (κ3) is 3.83. The summed E-state index contributed by atoms with van der Waals surface area (Å²) >= 11 is 8.40. The molecular formula is C17H14N2OS3. The lowest BCUT2D eigenvalue weighted by molar-refractivity contribution is -0.122. The lowest BCUT2D eigenvalue weighted by atomic mass is 10.2. The van der Waals surface area contributed by atoms with Crippen LogP contribution in [0.5, 0.6) is 0 Å². The fourth-order valence-corrected chi connectivity index (χ4v) is 3.83. The maximum absolute atomic E-state index is 12.6. The Labute approximate surface area is 149 Å². The summed E-state index contributed by atoms with van der Waals surface area (Å²) in [5.74, 6) is -0.0437. The fourth-order valence-electron chi connectivity index (χ4n) is 2.16. The average Bonchev–Trinajstić information content (AvgIpc) is 2.84. The van der Waals surface area contributed by atoms with Crippen molar-refractivity contribution in [1.29, 1.82) is 0 Å². The molecule has 0 N–H and O–H groups in total. The standard InChI is InChI=1S/C17H14N2OS3/c1-22-14-6-4-12(5-7-14)9-15-16(20)19(17(21)23-15)11-13-3-2-8-18-10-13/h2-10H,11H2,1H3/b15-9-. The molecule has 6 heteroatoms. The number of carbonyl (C=O) groups is 1. The molecule has 0 radical (unpaired) electrons. The molecule has 3 nitrogen and oxygen atoms in total. The van der Waals surface area contributed by atoms with Crippen molar-refractivity contribution in [3.05, 3.63) is 64.8 Å². The molecule has 0 bridgehead atoms. The number of rotatable bonds is 4. The van der Waals surface area contributed by atoms with Crippen LogP contribution in [0.2, 0.25) is 0 Å². The van der Waals surface area contributed by atoms with E-state index in [1.54, 1.807) is 29.1 Å². The summed E-state index contributed by atoms with van der Waals surface area (Å²) in [5.41, 5.74) is 1.97. The molecule has 1 aliphatic heterocycles. The van der Waals surface area contributed by atoms with Crippen molar-refractivity contribution in [2.45, 2.75) is 11.4 Å². The molecule has 1 aliphatic rings.